The second-order valence-corrected chi connectivity index (χ2v) is 5.35. The van der Waals surface area contributed by atoms with E-state index in [2.05, 4.69) is 10.1 Å². The highest BCUT2D eigenvalue weighted by molar-refractivity contribution is 14.1. The van der Waals surface area contributed by atoms with Crippen LogP contribution in [0.3, 0.4) is 0 Å². The maximum Gasteiger partial charge on any atom is 0.408 e. The Bertz CT molecular complexity index is 274. The molecule has 6 heteroatoms. The van der Waals surface area contributed by atoms with Crippen LogP contribution >= 0.6 is 22.6 Å². The molecule has 0 aromatic carbocycles. The number of ether oxygens (including phenoxy) is 2. The van der Waals surface area contributed by atoms with Crippen molar-refractivity contribution in [2.24, 2.45) is 0 Å². The monoisotopic (exact) mass is 343 g/mol. The molecular formula is C10H18INO4. The van der Waals surface area contributed by atoms with Gasteiger partial charge >= 0.3 is 12.1 Å². The molecule has 0 spiro atoms. The number of nitrogens with one attached hydrogen (secondary N) is 1. The smallest absolute Gasteiger partial charge is 0.408 e. The molecule has 0 aliphatic carbocycles. The highest BCUT2D eigenvalue weighted by Crippen LogP contribution is 2.13. The van der Waals surface area contributed by atoms with E-state index in [-0.39, 0.29) is 0 Å². The number of alkyl carbamates (subject to hydrolysis) is 1. The van der Waals surface area contributed by atoms with Crippen LogP contribution in [0.25, 0.3) is 0 Å². The van der Waals surface area contributed by atoms with E-state index in [1.54, 1.807) is 27.7 Å². The highest BCUT2D eigenvalue weighted by Gasteiger charge is 2.36. The third-order valence-electron chi connectivity index (χ3n) is 1.68. The van der Waals surface area contributed by atoms with Gasteiger partial charge in [0.1, 0.15) is 11.1 Å². The number of carbonyl (C=O) groups excluding carboxylic acids is 2. The zero-order valence-corrected chi connectivity index (χ0v) is 12.4. The van der Waals surface area contributed by atoms with Crippen LogP contribution in [0.5, 0.6) is 0 Å². The lowest BCUT2D eigenvalue weighted by Crippen LogP contribution is -2.55. The minimum Gasteiger partial charge on any atom is -0.467 e. The van der Waals surface area contributed by atoms with Crippen molar-refractivity contribution in [3.8, 4) is 0 Å². The fourth-order valence-corrected chi connectivity index (χ4v) is 1.40. The third-order valence-corrected chi connectivity index (χ3v) is 3.21. The lowest BCUT2D eigenvalue weighted by molar-refractivity contribution is -0.146. The second kappa shape index (κ2) is 5.70. The number of hydrogen-bond donors (Lipinski definition) is 1. The van der Waals surface area contributed by atoms with Crippen LogP contribution in [0.4, 0.5) is 4.79 Å². The molecule has 0 fully saturated rings. The summed E-state index contributed by atoms with van der Waals surface area (Å²) in [4.78, 5) is 23.0. The molecule has 0 aliphatic heterocycles. The quantitative estimate of drug-likeness (QED) is 0.483. The van der Waals surface area contributed by atoms with Gasteiger partial charge in [0.25, 0.3) is 0 Å². The molecule has 0 saturated carbocycles. The number of amides is 1. The summed E-state index contributed by atoms with van der Waals surface area (Å²) in [6.07, 6.45) is -0.628. The van der Waals surface area contributed by atoms with Crippen molar-refractivity contribution in [2.45, 2.75) is 38.8 Å². The zero-order valence-electron chi connectivity index (χ0n) is 10.2. The van der Waals surface area contributed by atoms with E-state index in [9.17, 15) is 9.59 Å². The Labute approximate surface area is 109 Å². The Morgan fingerprint density at radius 2 is 1.75 bits per heavy atom. The van der Waals surface area contributed by atoms with Crippen molar-refractivity contribution in [3.63, 3.8) is 0 Å². The Kier molecular flexibility index (Phi) is 5.51. The molecule has 0 rings (SSSR count). The largest absolute Gasteiger partial charge is 0.467 e. The van der Waals surface area contributed by atoms with Crippen LogP contribution in [0.2, 0.25) is 0 Å². The topological polar surface area (TPSA) is 64.6 Å². The fourth-order valence-electron chi connectivity index (χ4n) is 0.893. The number of methoxy groups -OCH3 is 1. The predicted molar refractivity (Wildman–Crippen MR) is 68.7 cm³/mol. The van der Waals surface area contributed by atoms with Crippen molar-refractivity contribution in [1.29, 1.82) is 0 Å². The minimum atomic E-state index is -1.06. The Morgan fingerprint density at radius 1 is 1.25 bits per heavy atom. The summed E-state index contributed by atoms with van der Waals surface area (Å²) >= 11 is 2.00. The van der Waals surface area contributed by atoms with Gasteiger partial charge in [0.05, 0.1) is 7.11 Å². The summed E-state index contributed by atoms with van der Waals surface area (Å²) in [5.41, 5.74) is -1.65. The first-order valence-electron chi connectivity index (χ1n) is 4.80. The molecule has 0 radical (unpaired) electrons. The van der Waals surface area contributed by atoms with Crippen molar-refractivity contribution in [1.82, 2.24) is 5.32 Å². The van der Waals surface area contributed by atoms with Crippen LogP contribution in [0.15, 0.2) is 0 Å². The van der Waals surface area contributed by atoms with Crippen molar-refractivity contribution in [3.05, 3.63) is 0 Å². The molecule has 5 nitrogen and oxygen atoms in total. The summed E-state index contributed by atoms with van der Waals surface area (Å²) in [5, 5.41) is 2.51. The summed E-state index contributed by atoms with van der Waals surface area (Å²) in [6.45, 7) is 6.86. The van der Waals surface area contributed by atoms with Gasteiger partial charge in [-0.05, 0) is 27.7 Å². The summed E-state index contributed by atoms with van der Waals surface area (Å²) in [7, 11) is 1.28. The summed E-state index contributed by atoms with van der Waals surface area (Å²) in [6, 6.07) is 0. The molecule has 0 saturated heterocycles. The SMILES string of the molecule is COC(=O)[C@@](C)(CI)NC(=O)OC(C)(C)C. The molecule has 0 aliphatic rings. The fraction of sp³-hybridized carbons (Fsp3) is 0.800. The van der Waals surface area contributed by atoms with Crippen LogP contribution < -0.4 is 5.32 Å². The van der Waals surface area contributed by atoms with E-state index >= 15 is 0 Å². The van der Waals surface area contributed by atoms with E-state index in [4.69, 9.17) is 4.74 Å². The van der Waals surface area contributed by atoms with Gasteiger partial charge in [-0.25, -0.2) is 9.59 Å². The van der Waals surface area contributed by atoms with Crippen molar-refractivity contribution in [2.75, 3.05) is 11.5 Å². The first-order chi connectivity index (χ1) is 7.14. The third kappa shape index (κ3) is 5.00. The number of alkyl halides is 1. The van der Waals surface area contributed by atoms with Crippen molar-refractivity contribution >= 4 is 34.7 Å². The standard InChI is InChI=1S/C10H18INO4/c1-9(2,3)16-8(14)12-10(4,6-11)7(13)15-5/h6H2,1-5H3,(H,12,14)/t10-/m1/s1. The maximum absolute atomic E-state index is 11.5. The van der Waals surface area contributed by atoms with Crippen LogP contribution in [0, 0.1) is 0 Å². The molecule has 1 amide bonds. The molecule has 0 aromatic heterocycles. The molecule has 16 heavy (non-hydrogen) atoms. The Balaban J connectivity index is 4.55. The van der Waals surface area contributed by atoms with Gasteiger partial charge < -0.3 is 14.8 Å². The van der Waals surface area contributed by atoms with Crippen LogP contribution in [0.1, 0.15) is 27.7 Å². The van der Waals surface area contributed by atoms with Crippen molar-refractivity contribution < 1.29 is 19.1 Å². The number of esters is 1. The first-order valence-corrected chi connectivity index (χ1v) is 6.33. The number of rotatable bonds is 3. The molecule has 1 N–H and O–H groups in total. The van der Waals surface area contributed by atoms with E-state index in [0.29, 0.717) is 4.43 Å². The maximum atomic E-state index is 11.5. The molecule has 1 atom stereocenters. The number of halogens is 1. The van der Waals surface area contributed by atoms with Crippen LogP contribution in [-0.2, 0) is 14.3 Å². The van der Waals surface area contributed by atoms with Gasteiger partial charge in [0.2, 0.25) is 0 Å². The number of hydrogen-bond acceptors (Lipinski definition) is 4. The number of carbonyl (C=O) groups is 2. The zero-order chi connectivity index (χ0) is 13.0. The van der Waals surface area contributed by atoms with E-state index in [1.807, 2.05) is 22.6 Å². The molecule has 0 aromatic rings. The van der Waals surface area contributed by atoms with Gasteiger partial charge in [-0.1, -0.05) is 22.6 Å². The highest BCUT2D eigenvalue weighted by atomic mass is 127. The van der Waals surface area contributed by atoms with Gasteiger partial charge in [0, 0.05) is 4.43 Å². The van der Waals surface area contributed by atoms with Gasteiger partial charge in [-0.15, -0.1) is 0 Å². The first kappa shape index (κ1) is 15.5. The van der Waals surface area contributed by atoms with E-state index in [0.717, 1.165) is 0 Å². The Morgan fingerprint density at radius 3 is 2.06 bits per heavy atom. The summed E-state index contributed by atoms with van der Waals surface area (Å²) in [5.74, 6) is -0.493. The predicted octanol–water partition coefficient (Wildman–Crippen LogP) is 1.88. The molecular weight excluding hydrogens is 325 g/mol. The summed E-state index contributed by atoms with van der Waals surface area (Å²) < 4.78 is 10.1. The van der Waals surface area contributed by atoms with Gasteiger partial charge in [-0.2, -0.15) is 0 Å². The second-order valence-electron chi connectivity index (χ2n) is 4.58. The molecule has 0 heterocycles. The lowest BCUT2D eigenvalue weighted by Gasteiger charge is -2.28. The normalized spacial score (nSPS) is 14.9. The van der Waals surface area contributed by atoms with Gasteiger partial charge in [0.15, 0.2) is 0 Å². The minimum absolute atomic E-state index is 0.399. The average molecular weight is 343 g/mol. The molecule has 0 unspecified atom stereocenters. The van der Waals surface area contributed by atoms with Gasteiger partial charge in [-0.3, -0.25) is 0 Å². The molecule has 0 bridgehead atoms. The Hall–Kier alpha value is -0.530. The molecule has 94 valence electrons. The average Bonchev–Trinajstić information content (AvgIpc) is 2.13. The lowest BCUT2D eigenvalue weighted by atomic mass is 10.1. The van der Waals surface area contributed by atoms with Crippen LogP contribution in [-0.4, -0.2) is 34.7 Å². The van der Waals surface area contributed by atoms with E-state index < -0.39 is 23.2 Å². The van der Waals surface area contributed by atoms with E-state index in [1.165, 1.54) is 7.11 Å².